The van der Waals surface area contributed by atoms with Gasteiger partial charge < -0.3 is 16.2 Å². The van der Waals surface area contributed by atoms with Crippen LogP contribution in [0.4, 0.5) is 11.4 Å². The number of carboxylic acids is 1. The molecule has 0 aliphatic carbocycles. The van der Waals surface area contributed by atoms with Crippen LogP contribution >= 0.6 is 0 Å². The van der Waals surface area contributed by atoms with E-state index < -0.39 is 5.97 Å². The van der Waals surface area contributed by atoms with Crippen LogP contribution in [0.3, 0.4) is 0 Å². The third-order valence-corrected chi connectivity index (χ3v) is 3.16. The molecule has 0 radical (unpaired) electrons. The molecule has 0 amide bonds. The van der Waals surface area contributed by atoms with Crippen molar-refractivity contribution < 1.29 is 9.90 Å². The summed E-state index contributed by atoms with van der Waals surface area (Å²) in [5.74, 6) is -0.277. The Morgan fingerprint density at radius 1 is 1.32 bits per heavy atom. The molecule has 0 spiro atoms. The fourth-order valence-corrected chi connectivity index (χ4v) is 2.05. The third kappa shape index (κ3) is 4.81. The van der Waals surface area contributed by atoms with Gasteiger partial charge in [0.15, 0.2) is 0 Å². The second-order valence-electron chi connectivity index (χ2n) is 5.44. The Hall–Kier alpha value is -1.71. The Bertz CT molecular complexity index is 430. The fourth-order valence-electron chi connectivity index (χ4n) is 2.05. The average molecular weight is 264 g/mol. The predicted octanol–water partition coefficient (Wildman–Crippen LogP) is 3.59. The zero-order valence-corrected chi connectivity index (χ0v) is 11.9. The summed E-state index contributed by atoms with van der Waals surface area (Å²) in [4.78, 5) is 11.0. The topological polar surface area (TPSA) is 75.3 Å². The molecule has 0 saturated carbocycles. The van der Waals surface area contributed by atoms with Gasteiger partial charge in [0.1, 0.15) is 0 Å². The van der Waals surface area contributed by atoms with E-state index in [-0.39, 0.29) is 11.6 Å². The lowest BCUT2D eigenvalue weighted by Gasteiger charge is -2.18. The molecule has 1 rings (SSSR count). The lowest BCUT2D eigenvalue weighted by Crippen LogP contribution is -2.17. The van der Waals surface area contributed by atoms with Gasteiger partial charge in [-0.25, -0.2) is 4.79 Å². The van der Waals surface area contributed by atoms with Crippen molar-refractivity contribution in [3.8, 4) is 0 Å². The number of carboxylic acid groups (broad SMARTS) is 1. The Balaban J connectivity index is 2.61. The van der Waals surface area contributed by atoms with Gasteiger partial charge in [0, 0.05) is 6.04 Å². The molecule has 1 atom stereocenters. The molecule has 0 aliphatic rings. The maximum absolute atomic E-state index is 11.0. The van der Waals surface area contributed by atoms with Crippen LogP contribution in [0, 0.1) is 5.92 Å². The van der Waals surface area contributed by atoms with E-state index in [4.69, 9.17) is 10.8 Å². The second kappa shape index (κ2) is 7.02. The van der Waals surface area contributed by atoms with Gasteiger partial charge in [-0.1, -0.05) is 32.8 Å². The monoisotopic (exact) mass is 264 g/mol. The van der Waals surface area contributed by atoms with Gasteiger partial charge in [-0.05, 0) is 31.4 Å². The lowest BCUT2D eigenvalue weighted by atomic mass is 10.0. The lowest BCUT2D eigenvalue weighted by molar-refractivity contribution is 0.0698. The second-order valence-corrected chi connectivity index (χ2v) is 5.44. The highest BCUT2D eigenvalue weighted by atomic mass is 16.4. The van der Waals surface area contributed by atoms with E-state index in [1.165, 1.54) is 12.5 Å². The summed E-state index contributed by atoms with van der Waals surface area (Å²) >= 11 is 0. The molecule has 1 unspecified atom stereocenters. The normalized spacial score (nSPS) is 12.4. The molecule has 0 saturated heterocycles. The SMILES string of the molecule is CC(C)CCCC(C)Nc1cccc(C(=O)O)c1N. The number of hydrogen-bond donors (Lipinski definition) is 3. The number of anilines is 2. The molecule has 4 heteroatoms. The minimum atomic E-state index is -0.992. The number of nitrogen functional groups attached to an aromatic ring is 1. The number of nitrogens with one attached hydrogen (secondary N) is 1. The molecule has 1 aromatic rings. The highest BCUT2D eigenvalue weighted by Gasteiger charge is 2.12. The summed E-state index contributed by atoms with van der Waals surface area (Å²) in [7, 11) is 0. The van der Waals surface area contributed by atoms with Crippen LogP contribution in [-0.2, 0) is 0 Å². The first-order valence-electron chi connectivity index (χ1n) is 6.80. The molecule has 0 fully saturated rings. The fraction of sp³-hybridized carbons (Fsp3) is 0.533. The minimum absolute atomic E-state index is 0.152. The Morgan fingerprint density at radius 3 is 2.58 bits per heavy atom. The van der Waals surface area contributed by atoms with Crippen LogP contribution in [0.25, 0.3) is 0 Å². The van der Waals surface area contributed by atoms with E-state index in [0.29, 0.717) is 17.3 Å². The van der Waals surface area contributed by atoms with Crippen molar-refractivity contribution in [2.45, 2.75) is 46.1 Å². The van der Waals surface area contributed by atoms with Crippen molar-refractivity contribution in [1.29, 1.82) is 0 Å². The van der Waals surface area contributed by atoms with Gasteiger partial charge in [0.05, 0.1) is 16.9 Å². The molecular weight excluding hydrogens is 240 g/mol. The van der Waals surface area contributed by atoms with Crippen LogP contribution < -0.4 is 11.1 Å². The van der Waals surface area contributed by atoms with Crippen molar-refractivity contribution >= 4 is 17.3 Å². The molecule has 19 heavy (non-hydrogen) atoms. The number of benzene rings is 1. The van der Waals surface area contributed by atoms with Crippen molar-refractivity contribution in [1.82, 2.24) is 0 Å². The van der Waals surface area contributed by atoms with Crippen molar-refractivity contribution in [3.63, 3.8) is 0 Å². The number of carbonyl (C=O) groups is 1. The van der Waals surface area contributed by atoms with E-state index in [1.807, 2.05) is 6.07 Å². The number of hydrogen-bond acceptors (Lipinski definition) is 3. The van der Waals surface area contributed by atoms with Gasteiger partial charge in [0.25, 0.3) is 0 Å². The third-order valence-electron chi connectivity index (χ3n) is 3.16. The minimum Gasteiger partial charge on any atom is -0.478 e. The summed E-state index contributed by atoms with van der Waals surface area (Å²) in [5, 5.41) is 12.3. The van der Waals surface area contributed by atoms with Crippen LogP contribution in [0.1, 0.15) is 50.4 Å². The molecule has 0 heterocycles. The summed E-state index contributed by atoms with van der Waals surface area (Å²) in [6, 6.07) is 5.33. The average Bonchev–Trinajstić information content (AvgIpc) is 2.31. The smallest absolute Gasteiger partial charge is 0.337 e. The Labute approximate surface area is 115 Å². The van der Waals surface area contributed by atoms with Gasteiger partial charge >= 0.3 is 5.97 Å². The van der Waals surface area contributed by atoms with Crippen molar-refractivity contribution in [3.05, 3.63) is 23.8 Å². The predicted molar refractivity (Wildman–Crippen MR) is 79.6 cm³/mol. The number of nitrogens with two attached hydrogens (primary N) is 1. The van der Waals surface area contributed by atoms with E-state index in [9.17, 15) is 4.79 Å². The molecule has 106 valence electrons. The summed E-state index contributed by atoms with van der Waals surface area (Å²) in [5.41, 5.74) is 7.03. The summed E-state index contributed by atoms with van der Waals surface area (Å²) < 4.78 is 0. The van der Waals surface area contributed by atoms with Crippen LogP contribution in [0.15, 0.2) is 18.2 Å². The first kappa shape index (κ1) is 15.3. The van der Waals surface area contributed by atoms with Gasteiger partial charge in [-0.15, -0.1) is 0 Å². The highest BCUT2D eigenvalue weighted by molar-refractivity contribution is 5.97. The first-order valence-corrected chi connectivity index (χ1v) is 6.80. The molecule has 1 aromatic carbocycles. The maximum Gasteiger partial charge on any atom is 0.337 e. The number of aromatic carboxylic acids is 1. The van der Waals surface area contributed by atoms with E-state index in [1.54, 1.807) is 6.07 Å². The van der Waals surface area contributed by atoms with Crippen LogP contribution in [0.5, 0.6) is 0 Å². The standard InChI is InChI=1S/C15H24N2O2/c1-10(2)6-4-7-11(3)17-13-9-5-8-12(14(13)16)15(18)19/h5,8-11,17H,4,6-7,16H2,1-3H3,(H,18,19). The zero-order chi connectivity index (χ0) is 14.4. The van der Waals surface area contributed by atoms with Crippen LogP contribution in [0.2, 0.25) is 0 Å². The largest absolute Gasteiger partial charge is 0.478 e. The molecule has 4 nitrogen and oxygen atoms in total. The van der Waals surface area contributed by atoms with E-state index in [0.717, 1.165) is 12.8 Å². The molecular formula is C15H24N2O2. The van der Waals surface area contributed by atoms with E-state index in [2.05, 4.69) is 26.1 Å². The van der Waals surface area contributed by atoms with Crippen molar-refractivity contribution in [2.24, 2.45) is 5.92 Å². The van der Waals surface area contributed by atoms with E-state index >= 15 is 0 Å². The van der Waals surface area contributed by atoms with Crippen LogP contribution in [-0.4, -0.2) is 17.1 Å². The Kier molecular flexibility index (Phi) is 5.67. The molecule has 0 aromatic heterocycles. The summed E-state index contributed by atoms with van der Waals surface area (Å²) in [6.45, 7) is 6.52. The summed E-state index contributed by atoms with van der Waals surface area (Å²) in [6.07, 6.45) is 3.41. The maximum atomic E-state index is 11.0. The molecule has 0 aliphatic heterocycles. The number of rotatable bonds is 7. The molecule has 0 bridgehead atoms. The Morgan fingerprint density at radius 2 is 2.00 bits per heavy atom. The van der Waals surface area contributed by atoms with Gasteiger partial charge in [-0.3, -0.25) is 0 Å². The van der Waals surface area contributed by atoms with Crippen molar-refractivity contribution in [2.75, 3.05) is 11.1 Å². The van der Waals surface area contributed by atoms with Gasteiger partial charge in [-0.2, -0.15) is 0 Å². The first-order chi connectivity index (χ1) is 8.91. The highest BCUT2D eigenvalue weighted by Crippen LogP contribution is 2.24. The zero-order valence-electron chi connectivity index (χ0n) is 11.9. The number of para-hydroxylation sites is 1. The quantitative estimate of drug-likeness (QED) is 0.658. The van der Waals surface area contributed by atoms with Gasteiger partial charge in [0.2, 0.25) is 0 Å². The molecule has 4 N–H and O–H groups in total.